The predicted molar refractivity (Wildman–Crippen MR) is 102 cm³/mol. The van der Waals surface area contributed by atoms with Crippen molar-refractivity contribution in [3.05, 3.63) is 78.6 Å². The Labute approximate surface area is 156 Å². The third-order valence-electron chi connectivity index (χ3n) is 4.06. The molecule has 2 heterocycles. The first-order valence-corrected chi connectivity index (χ1v) is 9.43. The molecule has 0 radical (unpaired) electrons. The molecule has 0 N–H and O–H groups in total. The maximum atomic E-state index is 6.09. The fourth-order valence-corrected chi connectivity index (χ4v) is 3.73. The fourth-order valence-electron chi connectivity index (χ4n) is 2.81. The molecule has 6 heteroatoms. The normalized spacial score (nSPS) is 15.6. The number of hydrogen-bond donors (Lipinski definition) is 0. The fraction of sp³-hybridized carbons (Fsp3) is 0.200. The van der Waals surface area contributed by atoms with Crippen molar-refractivity contribution in [3.63, 3.8) is 0 Å². The van der Waals surface area contributed by atoms with E-state index >= 15 is 0 Å². The molecule has 0 spiro atoms. The van der Waals surface area contributed by atoms with Gasteiger partial charge in [0.2, 0.25) is 0 Å². The number of para-hydroxylation sites is 2. The van der Waals surface area contributed by atoms with Gasteiger partial charge in [0.25, 0.3) is 0 Å². The molecule has 26 heavy (non-hydrogen) atoms. The van der Waals surface area contributed by atoms with E-state index in [9.17, 15) is 0 Å². The van der Waals surface area contributed by atoms with Crippen molar-refractivity contribution in [2.24, 2.45) is 0 Å². The van der Waals surface area contributed by atoms with Gasteiger partial charge in [0, 0.05) is 12.3 Å². The Morgan fingerprint density at radius 1 is 1.08 bits per heavy atom. The molecule has 5 nitrogen and oxygen atoms in total. The van der Waals surface area contributed by atoms with Crippen LogP contribution >= 0.6 is 11.8 Å². The topological polar surface area (TPSA) is 49.2 Å². The number of rotatable bonds is 6. The minimum absolute atomic E-state index is 0.288. The van der Waals surface area contributed by atoms with E-state index in [1.807, 2.05) is 53.1 Å². The van der Waals surface area contributed by atoms with Crippen LogP contribution in [0, 0.1) is 0 Å². The van der Waals surface area contributed by atoms with Crippen LogP contribution in [0.4, 0.5) is 0 Å². The second-order valence-corrected chi connectivity index (χ2v) is 6.82. The molecule has 1 aliphatic rings. The van der Waals surface area contributed by atoms with Crippen LogP contribution in [0.15, 0.2) is 72.4 Å². The first kappa shape index (κ1) is 16.7. The minimum atomic E-state index is -0.288. The Bertz CT molecular complexity index is 895. The maximum absolute atomic E-state index is 6.09. The highest BCUT2D eigenvalue weighted by molar-refractivity contribution is 7.98. The summed E-state index contributed by atoms with van der Waals surface area (Å²) >= 11 is 1.66. The van der Waals surface area contributed by atoms with Crippen molar-refractivity contribution in [1.82, 2.24) is 14.8 Å². The van der Waals surface area contributed by atoms with Crippen molar-refractivity contribution >= 4 is 11.8 Å². The van der Waals surface area contributed by atoms with Gasteiger partial charge in [-0.3, -0.25) is 4.57 Å². The van der Waals surface area contributed by atoms with Gasteiger partial charge >= 0.3 is 0 Å². The monoisotopic (exact) mass is 365 g/mol. The van der Waals surface area contributed by atoms with Gasteiger partial charge in [-0.1, -0.05) is 60.3 Å². The number of allylic oxidation sites excluding steroid dienone is 1. The summed E-state index contributed by atoms with van der Waals surface area (Å²) in [5, 5.41) is 9.61. The summed E-state index contributed by atoms with van der Waals surface area (Å²) in [6, 6.07) is 18.0. The predicted octanol–water partition coefficient (Wildman–Crippen LogP) is 4.27. The minimum Gasteiger partial charge on any atom is -0.485 e. The van der Waals surface area contributed by atoms with Crippen molar-refractivity contribution < 1.29 is 9.47 Å². The molecule has 3 aromatic rings. The average molecular weight is 365 g/mol. The second kappa shape index (κ2) is 7.66. The standard InChI is InChI=1S/C20H19N3O2S/c1-2-12-23-19(18-13-24-16-10-6-7-11-17(16)25-18)21-22-20(23)26-14-15-8-4-3-5-9-15/h2-11,18H,1,12-14H2. The Morgan fingerprint density at radius 3 is 2.65 bits per heavy atom. The average Bonchev–Trinajstić information content (AvgIpc) is 3.10. The van der Waals surface area contributed by atoms with E-state index in [0.29, 0.717) is 13.2 Å². The first-order valence-electron chi connectivity index (χ1n) is 8.44. The zero-order chi connectivity index (χ0) is 17.8. The molecule has 4 rings (SSSR count). The molecule has 0 aliphatic carbocycles. The summed E-state index contributed by atoms with van der Waals surface area (Å²) in [6.07, 6.45) is 1.56. The number of hydrogen-bond acceptors (Lipinski definition) is 5. The zero-order valence-corrected chi connectivity index (χ0v) is 15.1. The Kier molecular flexibility index (Phi) is 4.93. The zero-order valence-electron chi connectivity index (χ0n) is 14.2. The van der Waals surface area contributed by atoms with E-state index in [1.54, 1.807) is 11.8 Å². The molecular weight excluding hydrogens is 346 g/mol. The molecule has 1 aliphatic heterocycles. The largest absolute Gasteiger partial charge is 0.485 e. The highest BCUT2D eigenvalue weighted by Crippen LogP contribution is 2.36. The molecular formula is C20H19N3O2S. The third-order valence-corrected chi connectivity index (χ3v) is 5.10. The van der Waals surface area contributed by atoms with Gasteiger partial charge in [0.15, 0.2) is 28.6 Å². The maximum Gasteiger partial charge on any atom is 0.192 e. The third kappa shape index (κ3) is 3.46. The van der Waals surface area contributed by atoms with Gasteiger partial charge in [-0.15, -0.1) is 16.8 Å². The van der Waals surface area contributed by atoms with E-state index < -0.39 is 0 Å². The smallest absolute Gasteiger partial charge is 0.192 e. The van der Waals surface area contributed by atoms with Crippen LogP contribution in [-0.4, -0.2) is 21.4 Å². The van der Waals surface area contributed by atoms with Crippen LogP contribution < -0.4 is 9.47 Å². The van der Waals surface area contributed by atoms with Crippen molar-refractivity contribution in [2.45, 2.75) is 23.6 Å². The second-order valence-electron chi connectivity index (χ2n) is 5.88. The van der Waals surface area contributed by atoms with E-state index in [0.717, 1.165) is 28.2 Å². The molecule has 0 saturated heterocycles. The number of aromatic nitrogens is 3. The van der Waals surface area contributed by atoms with Gasteiger partial charge in [0.1, 0.15) is 6.61 Å². The van der Waals surface area contributed by atoms with E-state index in [1.165, 1.54) is 5.56 Å². The number of ether oxygens (including phenoxy) is 2. The van der Waals surface area contributed by atoms with Crippen LogP contribution in [0.5, 0.6) is 11.5 Å². The molecule has 0 saturated carbocycles. The van der Waals surface area contributed by atoms with Crippen LogP contribution in [0.1, 0.15) is 17.5 Å². The summed E-state index contributed by atoms with van der Waals surface area (Å²) in [7, 11) is 0. The van der Waals surface area contributed by atoms with Crippen LogP contribution in [0.2, 0.25) is 0 Å². The number of nitrogens with zero attached hydrogens (tertiary/aromatic N) is 3. The van der Waals surface area contributed by atoms with E-state index in [2.05, 4.69) is 28.9 Å². The lowest BCUT2D eigenvalue weighted by molar-refractivity contribution is 0.0821. The molecule has 1 aromatic heterocycles. The van der Waals surface area contributed by atoms with E-state index in [-0.39, 0.29) is 6.10 Å². The lowest BCUT2D eigenvalue weighted by atomic mass is 10.2. The molecule has 1 unspecified atom stereocenters. The summed E-state index contributed by atoms with van der Waals surface area (Å²) in [4.78, 5) is 0. The lowest BCUT2D eigenvalue weighted by Crippen LogP contribution is -2.25. The van der Waals surface area contributed by atoms with Gasteiger partial charge in [0.05, 0.1) is 0 Å². The van der Waals surface area contributed by atoms with Gasteiger partial charge in [-0.25, -0.2) is 0 Å². The Balaban J connectivity index is 1.55. The summed E-state index contributed by atoms with van der Waals surface area (Å²) in [5.74, 6) is 3.09. The van der Waals surface area contributed by atoms with Crippen LogP contribution in [0.3, 0.4) is 0 Å². The SMILES string of the molecule is C=CCn1c(SCc2ccccc2)nnc1C1COc2ccccc2O1. The van der Waals surface area contributed by atoms with Gasteiger partial charge < -0.3 is 9.47 Å². The highest BCUT2D eigenvalue weighted by Gasteiger charge is 2.28. The quantitative estimate of drug-likeness (QED) is 0.482. The Morgan fingerprint density at radius 2 is 1.85 bits per heavy atom. The molecule has 0 fully saturated rings. The molecule has 1 atom stereocenters. The van der Waals surface area contributed by atoms with Crippen LogP contribution in [-0.2, 0) is 12.3 Å². The van der Waals surface area contributed by atoms with Crippen molar-refractivity contribution in [1.29, 1.82) is 0 Å². The van der Waals surface area contributed by atoms with E-state index in [4.69, 9.17) is 9.47 Å². The van der Waals surface area contributed by atoms with Crippen molar-refractivity contribution in [3.8, 4) is 11.5 Å². The van der Waals surface area contributed by atoms with Gasteiger partial charge in [-0.05, 0) is 17.7 Å². The summed E-state index contributed by atoms with van der Waals surface area (Å²) in [6.45, 7) is 4.90. The Hall–Kier alpha value is -2.73. The molecule has 132 valence electrons. The first-order chi connectivity index (χ1) is 12.8. The highest BCUT2D eigenvalue weighted by atomic mass is 32.2. The number of fused-ring (bicyclic) bond motifs is 1. The summed E-state index contributed by atoms with van der Waals surface area (Å²) in [5.41, 5.74) is 1.25. The van der Waals surface area contributed by atoms with Crippen LogP contribution in [0.25, 0.3) is 0 Å². The number of thioether (sulfide) groups is 1. The number of benzene rings is 2. The molecule has 0 bridgehead atoms. The molecule has 2 aromatic carbocycles. The molecule has 0 amide bonds. The van der Waals surface area contributed by atoms with Gasteiger partial charge in [-0.2, -0.15) is 0 Å². The lowest BCUT2D eigenvalue weighted by Gasteiger charge is -2.26. The summed E-state index contributed by atoms with van der Waals surface area (Å²) < 4.78 is 14.0. The van der Waals surface area contributed by atoms with Crippen molar-refractivity contribution in [2.75, 3.05) is 6.61 Å².